The van der Waals surface area contributed by atoms with E-state index < -0.39 is 0 Å². The van der Waals surface area contributed by atoms with Gasteiger partial charge in [0.05, 0.1) is 0 Å². The molecule has 3 nitrogen and oxygen atoms in total. The molecule has 0 bridgehead atoms. The third-order valence-corrected chi connectivity index (χ3v) is 3.60. The highest BCUT2D eigenvalue weighted by Gasteiger charge is 2.23. The highest BCUT2D eigenvalue weighted by molar-refractivity contribution is 5.94. The lowest BCUT2D eigenvalue weighted by Gasteiger charge is -2.31. The van der Waals surface area contributed by atoms with E-state index in [-0.39, 0.29) is 5.91 Å². The van der Waals surface area contributed by atoms with Gasteiger partial charge < -0.3 is 9.64 Å². The summed E-state index contributed by atoms with van der Waals surface area (Å²) in [5.41, 5.74) is 1.98. The van der Waals surface area contributed by atoms with Crippen molar-refractivity contribution in [2.24, 2.45) is 5.92 Å². The predicted molar refractivity (Wildman–Crippen MR) is 71.7 cm³/mol. The molecule has 1 aliphatic heterocycles. The molecule has 0 aromatic heterocycles. The van der Waals surface area contributed by atoms with Crippen molar-refractivity contribution in [1.82, 2.24) is 4.90 Å². The Balaban J connectivity index is 1.93. The molecule has 18 heavy (non-hydrogen) atoms. The molecular weight excluding hydrogens is 226 g/mol. The first-order valence-corrected chi connectivity index (χ1v) is 6.55. The van der Waals surface area contributed by atoms with E-state index in [0.717, 1.165) is 38.1 Å². The van der Waals surface area contributed by atoms with Crippen LogP contribution < -0.4 is 0 Å². The summed E-state index contributed by atoms with van der Waals surface area (Å²) in [7, 11) is 1.74. The fourth-order valence-corrected chi connectivity index (χ4v) is 2.42. The molecule has 1 saturated heterocycles. The predicted octanol–water partition coefficient (Wildman–Crippen LogP) is 2.49. The lowest BCUT2D eigenvalue weighted by Crippen LogP contribution is -2.39. The molecule has 1 aromatic rings. The van der Waals surface area contributed by atoms with Gasteiger partial charge in [0, 0.05) is 32.4 Å². The molecule has 1 fully saturated rings. The molecule has 1 heterocycles. The van der Waals surface area contributed by atoms with Gasteiger partial charge in [-0.15, -0.1) is 0 Å². The Kier molecular flexibility index (Phi) is 4.37. The Hall–Kier alpha value is -1.35. The van der Waals surface area contributed by atoms with Gasteiger partial charge in [-0.3, -0.25) is 4.79 Å². The lowest BCUT2D eigenvalue weighted by atomic mass is 9.97. The normalized spacial score (nSPS) is 16.9. The molecule has 0 saturated carbocycles. The van der Waals surface area contributed by atoms with Crippen molar-refractivity contribution in [1.29, 1.82) is 0 Å². The van der Waals surface area contributed by atoms with Crippen LogP contribution in [0.4, 0.5) is 0 Å². The minimum Gasteiger partial charge on any atom is -0.384 e. The van der Waals surface area contributed by atoms with Crippen LogP contribution in [-0.2, 0) is 4.74 Å². The summed E-state index contributed by atoms with van der Waals surface area (Å²) in [4.78, 5) is 14.2. The molecule has 0 N–H and O–H groups in total. The van der Waals surface area contributed by atoms with E-state index in [4.69, 9.17) is 4.74 Å². The SMILES string of the molecule is COCC1CCN(C(=O)c2ccc(C)cc2)CC1. The van der Waals surface area contributed by atoms with Crippen LogP contribution in [0.25, 0.3) is 0 Å². The van der Waals surface area contributed by atoms with Crippen molar-refractivity contribution in [2.45, 2.75) is 19.8 Å². The highest BCUT2D eigenvalue weighted by atomic mass is 16.5. The number of likely N-dealkylation sites (tertiary alicyclic amines) is 1. The van der Waals surface area contributed by atoms with Gasteiger partial charge in [0.1, 0.15) is 0 Å². The van der Waals surface area contributed by atoms with Crippen LogP contribution in [-0.4, -0.2) is 37.6 Å². The average molecular weight is 247 g/mol. The van der Waals surface area contributed by atoms with Crippen molar-refractivity contribution in [3.05, 3.63) is 35.4 Å². The third-order valence-electron chi connectivity index (χ3n) is 3.60. The van der Waals surface area contributed by atoms with Gasteiger partial charge in [0.15, 0.2) is 0 Å². The molecule has 0 unspecified atom stereocenters. The van der Waals surface area contributed by atoms with E-state index in [9.17, 15) is 4.79 Å². The Morgan fingerprint density at radius 2 is 1.89 bits per heavy atom. The molecule has 0 radical (unpaired) electrons. The number of carbonyl (C=O) groups excluding carboxylic acids is 1. The number of aryl methyl sites for hydroxylation is 1. The molecule has 1 aliphatic rings. The molecule has 2 rings (SSSR count). The largest absolute Gasteiger partial charge is 0.384 e. The maximum atomic E-state index is 12.3. The van der Waals surface area contributed by atoms with Crippen LogP contribution in [0.5, 0.6) is 0 Å². The molecule has 0 spiro atoms. The van der Waals surface area contributed by atoms with Crippen LogP contribution in [0.15, 0.2) is 24.3 Å². The van der Waals surface area contributed by atoms with Crippen molar-refractivity contribution < 1.29 is 9.53 Å². The van der Waals surface area contributed by atoms with Gasteiger partial charge in [-0.05, 0) is 37.8 Å². The quantitative estimate of drug-likeness (QED) is 0.821. The molecule has 0 aliphatic carbocycles. The Labute approximate surface area is 109 Å². The Bertz CT molecular complexity index is 391. The van der Waals surface area contributed by atoms with E-state index in [0.29, 0.717) is 5.92 Å². The first-order valence-electron chi connectivity index (χ1n) is 6.55. The van der Waals surface area contributed by atoms with E-state index in [1.807, 2.05) is 36.1 Å². The summed E-state index contributed by atoms with van der Waals surface area (Å²) < 4.78 is 5.17. The number of nitrogens with zero attached hydrogens (tertiary/aromatic N) is 1. The van der Waals surface area contributed by atoms with Gasteiger partial charge >= 0.3 is 0 Å². The summed E-state index contributed by atoms with van der Waals surface area (Å²) in [5, 5.41) is 0. The van der Waals surface area contributed by atoms with Crippen LogP contribution in [0.2, 0.25) is 0 Å². The number of benzene rings is 1. The zero-order valence-electron chi connectivity index (χ0n) is 11.2. The smallest absolute Gasteiger partial charge is 0.253 e. The number of methoxy groups -OCH3 is 1. The maximum absolute atomic E-state index is 12.3. The number of piperidine rings is 1. The van der Waals surface area contributed by atoms with Crippen molar-refractivity contribution in [3.63, 3.8) is 0 Å². The average Bonchev–Trinajstić information content (AvgIpc) is 2.40. The summed E-state index contributed by atoms with van der Waals surface area (Å²) in [6.07, 6.45) is 2.09. The van der Waals surface area contributed by atoms with Gasteiger partial charge in [-0.25, -0.2) is 0 Å². The molecule has 1 aromatic carbocycles. The van der Waals surface area contributed by atoms with Crippen LogP contribution in [0.1, 0.15) is 28.8 Å². The first-order chi connectivity index (χ1) is 8.70. The van der Waals surface area contributed by atoms with E-state index >= 15 is 0 Å². The third kappa shape index (κ3) is 3.10. The minimum absolute atomic E-state index is 0.158. The first kappa shape index (κ1) is 13.1. The zero-order chi connectivity index (χ0) is 13.0. The Morgan fingerprint density at radius 3 is 2.44 bits per heavy atom. The van der Waals surface area contributed by atoms with Crippen molar-refractivity contribution >= 4 is 5.91 Å². The topological polar surface area (TPSA) is 29.5 Å². The fourth-order valence-electron chi connectivity index (χ4n) is 2.42. The summed E-state index contributed by atoms with van der Waals surface area (Å²) >= 11 is 0. The second kappa shape index (κ2) is 6.01. The zero-order valence-corrected chi connectivity index (χ0v) is 11.2. The van der Waals surface area contributed by atoms with E-state index in [1.165, 1.54) is 5.56 Å². The standard InChI is InChI=1S/C15H21NO2/c1-12-3-5-14(6-4-12)15(17)16-9-7-13(8-10-16)11-18-2/h3-6,13H,7-11H2,1-2H3. The number of rotatable bonds is 3. The summed E-state index contributed by atoms with van der Waals surface area (Å²) in [6.45, 7) is 4.54. The van der Waals surface area contributed by atoms with Crippen molar-refractivity contribution in [3.8, 4) is 0 Å². The fraction of sp³-hybridized carbons (Fsp3) is 0.533. The Morgan fingerprint density at radius 1 is 1.28 bits per heavy atom. The van der Waals surface area contributed by atoms with Gasteiger partial charge in [-0.2, -0.15) is 0 Å². The maximum Gasteiger partial charge on any atom is 0.253 e. The van der Waals surface area contributed by atoms with Gasteiger partial charge in [0.25, 0.3) is 5.91 Å². The number of ether oxygens (including phenoxy) is 1. The van der Waals surface area contributed by atoms with E-state index in [2.05, 4.69) is 0 Å². The van der Waals surface area contributed by atoms with Crippen molar-refractivity contribution in [2.75, 3.05) is 26.8 Å². The molecule has 3 heteroatoms. The molecular formula is C15H21NO2. The summed E-state index contributed by atoms with van der Waals surface area (Å²) in [5.74, 6) is 0.767. The minimum atomic E-state index is 0.158. The number of amides is 1. The monoisotopic (exact) mass is 247 g/mol. The van der Waals surface area contributed by atoms with E-state index in [1.54, 1.807) is 7.11 Å². The van der Waals surface area contributed by atoms with Gasteiger partial charge in [-0.1, -0.05) is 17.7 Å². The highest BCUT2D eigenvalue weighted by Crippen LogP contribution is 2.19. The molecule has 1 amide bonds. The lowest BCUT2D eigenvalue weighted by molar-refractivity contribution is 0.0613. The van der Waals surface area contributed by atoms with Crippen LogP contribution >= 0.6 is 0 Å². The van der Waals surface area contributed by atoms with Gasteiger partial charge in [0.2, 0.25) is 0 Å². The second-order valence-electron chi connectivity index (χ2n) is 5.06. The second-order valence-corrected chi connectivity index (χ2v) is 5.06. The van der Waals surface area contributed by atoms with Crippen LogP contribution in [0, 0.1) is 12.8 Å². The number of hydrogen-bond donors (Lipinski definition) is 0. The van der Waals surface area contributed by atoms with Crippen LogP contribution in [0.3, 0.4) is 0 Å². The number of carbonyl (C=O) groups is 1. The molecule has 0 atom stereocenters. The summed E-state index contributed by atoms with van der Waals surface area (Å²) in [6, 6.07) is 7.81. The molecule has 98 valence electrons. The number of hydrogen-bond acceptors (Lipinski definition) is 2.